The average Bonchev–Trinajstić information content (AvgIpc) is 2.99. The number of anilines is 1. The van der Waals surface area contributed by atoms with Crippen LogP contribution in [0.2, 0.25) is 0 Å². The molecular formula is C14H14N4S. The van der Waals surface area contributed by atoms with Crippen molar-refractivity contribution >= 4 is 17.2 Å². The molecule has 96 valence electrons. The van der Waals surface area contributed by atoms with Crippen LogP contribution < -0.4 is 5.73 Å². The first-order chi connectivity index (χ1) is 9.16. The summed E-state index contributed by atoms with van der Waals surface area (Å²) in [4.78, 5) is 5.15. The van der Waals surface area contributed by atoms with Gasteiger partial charge >= 0.3 is 0 Å². The highest BCUT2D eigenvalue weighted by Crippen LogP contribution is 2.37. The van der Waals surface area contributed by atoms with Crippen molar-refractivity contribution in [2.24, 2.45) is 7.05 Å². The highest BCUT2D eigenvalue weighted by Gasteiger charge is 2.18. The van der Waals surface area contributed by atoms with Gasteiger partial charge in [0.2, 0.25) is 0 Å². The Balaban J connectivity index is 2.26. The fraction of sp³-hybridized carbons (Fsp3) is 0.143. The first kappa shape index (κ1) is 11.9. The minimum Gasteiger partial charge on any atom is -0.383 e. The number of nitrogen functional groups attached to an aromatic ring is 1. The summed E-state index contributed by atoms with van der Waals surface area (Å²) in [6, 6.07) is 8.29. The fourth-order valence-corrected chi connectivity index (χ4v) is 2.74. The van der Waals surface area contributed by atoms with E-state index in [-0.39, 0.29) is 0 Å². The van der Waals surface area contributed by atoms with E-state index in [0.717, 1.165) is 21.7 Å². The maximum absolute atomic E-state index is 6.18. The predicted molar refractivity (Wildman–Crippen MR) is 78.9 cm³/mol. The van der Waals surface area contributed by atoms with Gasteiger partial charge in [0, 0.05) is 13.2 Å². The van der Waals surface area contributed by atoms with E-state index in [2.05, 4.69) is 35.2 Å². The van der Waals surface area contributed by atoms with Crippen LogP contribution in [0.25, 0.3) is 21.7 Å². The number of rotatable bonds is 2. The number of hydrogen-bond acceptors (Lipinski definition) is 4. The molecule has 19 heavy (non-hydrogen) atoms. The summed E-state index contributed by atoms with van der Waals surface area (Å²) < 4.78 is 1.72. The molecule has 5 heteroatoms. The number of benzene rings is 1. The molecule has 0 radical (unpaired) electrons. The molecule has 0 atom stereocenters. The molecule has 0 bridgehead atoms. The summed E-state index contributed by atoms with van der Waals surface area (Å²) in [5, 5.41) is 4.52. The van der Waals surface area contributed by atoms with Crippen molar-refractivity contribution in [1.82, 2.24) is 14.8 Å². The summed E-state index contributed by atoms with van der Waals surface area (Å²) in [5.41, 5.74) is 12.2. The number of aromatic nitrogens is 3. The van der Waals surface area contributed by atoms with Crippen molar-refractivity contribution in [3.8, 4) is 21.7 Å². The quantitative estimate of drug-likeness (QED) is 0.778. The second-order valence-electron chi connectivity index (χ2n) is 4.47. The Morgan fingerprint density at radius 1 is 1.32 bits per heavy atom. The molecule has 0 aliphatic rings. The van der Waals surface area contributed by atoms with Gasteiger partial charge in [-0.2, -0.15) is 5.10 Å². The van der Waals surface area contributed by atoms with E-state index >= 15 is 0 Å². The second kappa shape index (κ2) is 4.51. The van der Waals surface area contributed by atoms with Gasteiger partial charge in [0.05, 0.1) is 16.0 Å². The average molecular weight is 270 g/mol. The number of thiazole rings is 1. The Bertz CT molecular complexity index is 713. The lowest BCUT2D eigenvalue weighted by atomic mass is 10.0. The molecule has 0 saturated heterocycles. The lowest BCUT2D eigenvalue weighted by Gasteiger charge is -2.04. The lowest BCUT2D eigenvalue weighted by molar-refractivity contribution is 0.783. The highest BCUT2D eigenvalue weighted by molar-refractivity contribution is 7.13. The number of nitrogens with zero attached hydrogens (tertiary/aromatic N) is 3. The first-order valence-electron chi connectivity index (χ1n) is 5.95. The van der Waals surface area contributed by atoms with E-state index in [1.807, 2.05) is 19.3 Å². The molecule has 0 aliphatic carbocycles. The molecular weight excluding hydrogens is 256 g/mol. The number of hydrogen-bond donors (Lipinski definition) is 1. The van der Waals surface area contributed by atoms with Gasteiger partial charge < -0.3 is 5.73 Å². The summed E-state index contributed by atoms with van der Waals surface area (Å²) in [5.74, 6) is 0.675. The Hall–Kier alpha value is -2.14. The summed E-state index contributed by atoms with van der Waals surface area (Å²) >= 11 is 1.57. The number of nitrogens with two attached hydrogens (primary N) is 1. The normalized spacial score (nSPS) is 10.8. The molecule has 0 amide bonds. The van der Waals surface area contributed by atoms with Crippen LogP contribution in [0.3, 0.4) is 0 Å². The maximum atomic E-state index is 6.18. The topological polar surface area (TPSA) is 56.7 Å². The van der Waals surface area contributed by atoms with Gasteiger partial charge in [0.25, 0.3) is 0 Å². The fourth-order valence-electron chi connectivity index (χ4n) is 2.13. The molecule has 0 spiro atoms. The number of aryl methyl sites for hydroxylation is 2. The van der Waals surface area contributed by atoms with E-state index in [9.17, 15) is 0 Å². The Kier molecular flexibility index (Phi) is 2.83. The summed E-state index contributed by atoms with van der Waals surface area (Å²) in [6.07, 6.45) is 1.83. The molecule has 2 aromatic heterocycles. The van der Waals surface area contributed by atoms with Crippen LogP contribution in [0.15, 0.2) is 36.0 Å². The van der Waals surface area contributed by atoms with E-state index in [1.165, 1.54) is 5.56 Å². The Morgan fingerprint density at radius 2 is 2.16 bits per heavy atom. The third-order valence-corrected chi connectivity index (χ3v) is 3.84. The minimum atomic E-state index is 0.675. The van der Waals surface area contributed by atoms with Gasteiger partial charge in [0.15, 0.2) is 0 Å². The zero-order valence-electron chi connectivity index (χ0n) is 10.8. The van der Waals surface area contributed by atoms with Gasteiger partial charge in [-0.1, -0.05) is 29.8 Å². The van der Waals surface area contributed by atoms with Gasteiger partial charge in [-0.15, -0.1) is 11.3 Å². The van der Waals surface area contributed by atoms with E-state index in [4.69, 9.17) is 5.73 Å². The van der Waals surface area contributed by atoms with Crippen LogP contribution in [-0.4, -0.2) is 14.8 Å². The largest absolute Gasteiger partial charge is 0.383 e. The van der Waals surface area contributed by atoms with Crippen LogP contribution >= 0.6 is 11.3 Å². The monoisotopic (exact) mass is 270 g/mol. The maximum Gasteiger partial charge on any atom is 0.129 e. The zero-order chi connectivity index (χ0) is 13.4. The summed E-state index contributed by atoms with van der Waals surface area (Å²) in [6.45, 7) is 2.07. The standard InChI is InChI=1S/C14H14N4S/c1-9-4-3-5-10(6-9)12-13(11-7-16-8-19-11)17-18(2)14(12)15/h3-8H,15H2,1-2H3. The Morgan fingerprint density at radius 3 is 2.84 bits per heavy atom. The third kappa shape index (κ3) is 2.02. The molecule has 4 nitrogen and oxygen atoms in total. The molecule has 3 rings (SSSR count). The molecule has 1 aromatic carbocycles. The minimum absolute atomic E-state index is 0.675. The molecule has 2 heterocycles. The van der Waals surface area contributed by atoms with Crippen molar-refractivity contribution in [2.75, 3.05) is 5.73 Å². The van der Waals surface area contributed by atoms with Crippen molar-refractivity contribution in [2.45, 2.75) is 6.92 Å². The van der Waals surface area contributed by atoms with Crippen LogP contribution in [0.4, 0.5) is 5.82 Å². The molecule has 2 N–H and O–H groups in total. The second-order valence-corrected chi connectivity index (χ2v) is 5.35. The van der Waals surface area contributed by atoms with E-state index in [1.54, 1.807) is 21.5 Å². The third-order valence-electron chi connectivity index (χ3n) is 3.06. The highest BCUT2D eigenvalue weighted by atomic mass is 32.1. The van der Waals surface area contributed by atoms with Crippen molar-refractivity contribution in [1.29, 1.82) is 0 Å². The van der Waals surface area contributed by atoms with E-state index in [0.29, 0.717) is 5.82 Å². The summed E-state index contributed by atoms with van der Waals surface area (Å²) in [7, 11) is 1.86. The first-order valence-corrected chi connectivity index (χ1v) is 6.83. The SMILES string of the molecule is Cc1cccc(-c2c(-c3cncs3)nn(C)c2N)c1. The molecule has 3 aromatic rings. The van der Waals surface area contributed by atoms with E-state index < -0.39 is 0 Å². The van der Waals surface area contributed by atoms with Gasteiger partial charge in [-0.3, -0.25) is 9.67 Å². The predicted octanol–water partition coefficient (Wildman–Crippen LogP) is 3.10. The Labute approximate surface area is 115 Å². The van der Waals surface area contributed by atoms with Crippen molar-refractivity contribution in [3.05, 3.63) is 41.5 Å². The van der Waals surface area contributed by atoms with Crippen LogP contribution in [0, 0.1) is 6.92 Å². The molecule has 0 fully saturated rings. The molecule has 0 unspecified atom stereocenters. The van der Waals surface area contributed by atoms with Gasteiger partial charge in [-0.05, 0) is 12.5 Å². The molecule has 0 aliphatic heterocycles. The van der Waals surface area contributed by atoms with Crippen molar-refractivity contribution in [3.63, 3.8) is 0 Å². The smallest absolute Gasteiger partial charge is 0.129 e. The zero-order valence-corrected chi connectivity index (χ0v) is 11.6. The van der Waals surface area contributed by atoms with Gasteiger partial charge in [0.1, 0.15) is 11.5 Å². The van der Waals surface area contributed by atoms with Crippen molar-refractivity contribution < 1.29 is 0 Å². The lowest BCUT2D eigenvalue weighted by Crippen LogP contribution is -1.98. The van der Waals surface area contributed by atoms with Crippen LogP contribution in [0.5, 0.6) is 0 Å². The van der Waals surface area contributed by atoms with Crippen LogP contribution in [-0.2, 0) is 7.05 Å². The van der Waals surface area contributed by atoms with Gasteiger partial charge in [-0.25, -0.2) is 0 Å². The van der Waals surface area contributed by atoms with Crippen LogP contribution in [0.1, 0.15) is 5.56 Å². The molecule has 0 saturated carbocycles.